The van der Waals surface area contributed by atoms with Crippen LogP contribution in [-0.2, 0) is 4.65 Å². The van der Waals surface area contributed by atoms with Gasteiger partial charge in [-0.25, -0.2) is 8.78 Å². The van der Waals surface area contributed by atoms with Crippen LogP contribution in [0.3, 0.4) is 0 Å². The van der Waals surface area contributed by atoms with Crippen molar-refractivity contribution in [1.29, 1.82) is 0 Å². The van der Waals surface area contributed by atoms with Crippen LogP contribution in [0, 0.1) is 0 Å². The van der Waals surface area contributed by atoms with Crippen LogP contribution in [0.5, 0.6) is 0 Å². The highest BCUT2D eigenvalue weighted by atomic mass is 35.5. The van der Waals surface area contributed by atoms with E-state index in [-0.39, 0.29) is 12.4 Å². The summed E-state index contributed by atoms with van der Waals surface area (Å²) in [6.07, 6.45) is -4.19. The molecule has 0 amide bonds. The van der Waals surface area contributed by atoms with E-state index in [1.807, 2.05) is 0 Å². The molecule has 1 radical (unpaired) electrons. The smallest absolute Gasteiger partial charge is 0.429 e. The minimum Gasteiger partial charge on any atom is -0.429 e. The molecule has 0 spiro atoms. The molecule has 0 bridgehead atoms. The SMILES string of the molecule is CC(C)(O)C(C)(C)O.Cl.NC(CC(F)F)O[B]O. The zero-order valence-electron chi connectivity index (χ0n) is 10.9. The molecule has 0 aliphatic rings. The van der Waals surface area contributed by atoms with E-state index in [9.17, 15) is 8.78 Å². The second-order valence-corrected chi connectivity index (χ2v) is 4.52. The number of alkyl halides is 2. The van der Waals surface area contributed by atoms with E-state index in [4.69, 9.17) is 21.0 Å². The predicted molar refractivity (Wildman–Crippen MR) is 67.5 cm³/mol. The molecule has 0 aliphatic heterocycles. The molecule has 0 heterocycles. The fourth-order valence-electron chi connectivity index (χ4n) is 0.309. The van der Waals surface area contributed by atoms with Gasteiger partial charge in [0.1, 0.15) is 0 Å². The third-order valence-corrected chi connectivity index (χ3v) is 2.14. The van der Waals surface area contributed by atoms with E-state index >= 15 is 0 Å². The van der Waals surface area contributed by atoms with Crippen LogP contribution in [0.25, 0.3) is 0 Å². The van der Waals surface area contributed by atoms with Crippen LogP contribution in [0.4, 0.5) is 8.78 Å². The van der Waals surface area contributed by atoms with Crippen molar-refractivity contribution in [3.8, 4) is 0 Å². The lowest BCUT2D eigenvalue weighted by molar-refractivity contribution is -0.107. The zero-order chi connectivity index (χ0) is 14.3. The second-order valence-electron chi connectivity index (χ2n) is 4.52. The third-order valence-electron chi connectivity index (χ3n) is 2.14. The topological polar surface area (TPSA) is 95.9 Å². The number of aliphatic hydroxyl groups is 2. The fourth-order valence-corrected chi connectivity index (χ4v) is 0.309. The van der Waals surface area contributed by atoms with Crippen molar-refractivity contribution < 1.29 is 28.7 Å². The first-order chi connectivity index (χ1) is 7.41. The Balaban J connectivity index is -0.000000238. The summed E-state index contributed by atoms with van der Waals surface area (Å²) in [4.78, 5) is 0. The van der Waals surface area contributed by atoms with Crippen LogP contribution in [0.1, 0.15) is 34.1 Å². The summed E-state index contributed by atoms with van der Waals surface area (Å²) in [5.74, 6) is 0. The molecule has 9 heteroatoms. The van der Waals surface area contributed by atoms with E-state index in [0.29, 0.717) is 7.69 Å². The molecular formula is C9H22BClF2NO4. The first-order valence-electron chi connectivity index (χ1n) is 5.01. The van der Waals surface area contributed by atoms with E-state index in [1.54, 1.807) is 27.7 Å². The molecule has 18 heavy (non-hydrogen) atoms. The number of halogens is 3. The predicted octanol–water partition coefficient (Wildman–Crippen LogP) is 0.420. The van der Waals surface area contributed by atoms with Crippen molar-refractivity contribution in [3.05, 3.63) is 0 Å². The van der Waals surface area contributed by atoms with E-state index < -0.39 is 30.3 Å². The van der Waals surface area contributed by atoms with Gasteiger partial charge in [0.25, 0.3) is 0 Å². The molecule has 1 atom stereocenters. The number of hydrogen-bond acceptors (Lipinski definition) is 5. The highest BCUT2D eigenvalue weighted by molar-refractivity contribution is 6.15. The fraction of sp³-hybridized carbons (Fsp3) is 1.00. The first kappa shape index (κ1) is 23.1. The third kappa shape index (κ3) is 14.1. The largest absolute Gasteiger partial charge is 0.486 e. The molecule has 5 nitrogen and oxygen atoms in total. The summed E-state index contributed by atoms with van der Waals surface area (Å²) in [5, 5.41) is 26.1. The van der Waals surface area contributed by atoms with Gasteiger partial charge in [0.2, 0.25) is 6.43 Å². The zero-order valence-corrected chi connectivity index (χ0v) is 11.7. The molecule has 5 N–H and O–H groups in total. The summed E-state index contributed by atoms with van der Waals surface area (Å²) >= 11 is 0. The lowest BCUT2D eigenvalue weighted by Crippen LogP contribution is -2.44. The minimum absolute atomic E-state index is 0. The summed E-state index contributed by atoms with van der Waals surface area (Å²) in [6.45, 7) is 6.31. The van der Waals surface area contributed by atoms with Gasteiger partial charge in [-0.15, -0.1) is 12.4 Å². The lowest BCUT2D eigenvalue weighted by Gasteiger charge is -2.31. The standard InChI is InChI=1S/C6H14O2.C3H7BF2NO2.ClH/c1-5(2,7)6(3,4)8;5-2(6)1-3(7)9-4-8;/h7-8H,1-4H3;2-3,8H,1,7H2;1H. The Bertz CT molecular complexity index is 188. The van der Waals surface area contributed by atoms with Gasteiger partial charge in [-0.1, -0.05) is 0 Å². The van der Waals surface area contributed by atoms with Crippen LogP contribution in [-0.4, -0.2) is 46.8 Å². The van der Waals surface area contributed by atoms with Crippen LogP contribution >= 0.6 is 12.4 Å². The normalized spacial score (nSPS) is 13.3. The first-order valence-corrected chi connectivity index (χ1v) is 5.01. The van der Waals surface area contributed by atoms with Gasteiger partial charge in [0, 0.05) is 6.42 Å². The summed E-state index contributed by atoms with van der Waals surface area (Å²) in [6, 6.07) is 0. The molecule has 0 aromatic carbocycles. The van der Waals surface area contributed by atoms with Gasteiger partial charge in [-0.3, -0.25) is 0 Å². The van der Waals surface area contributed by atoms with Crippen molar-refractivity contribution in [1.82, 2.24) is 0 Å². The molecule has 0 aliphatic carbocycles. The van der Waals surface area contributed by atoms with Gasteiger partial charge >= 0.3 is 7.69 Å². The minimum atomic E-state index is -2.50. The lowest BCUT2D eigenvalue weighted by atomic mass is 9.90. The Morgan fingerprint density at radius 3 is 1.67 bits per heavy atom. The summed E-state index contributed by atoms with van der Waals surface area (Å²) in [7, 11) is 0.299. The maximum absolute atomic E-state index is 11.4. The molecule has 0 aromatic rings. The van der Waals surface area contributed by atoms with Crippen molar-refractivity contribution >= 4 is 20.1 Å². The maximum atomic E-state index is 11.4. The Morgan fingerprint density at radius 2 is 1.50 bits per heavy atom. The van der Waals surface area contributed by atoms with E-state index in [1.165, 1.54) is 0 Å². The van der Waals surface area contributed by atoms with Gasteiger partial charge in [-0.2, -0.15) is 0 Å². The average Bonchev–Trinajstić information content (AvgIpc) is 1.99. The van der Waals surface area contributed by atoms with Crippen molar-refractivity contribution in [2.75, 3.05) is 0 Å². The number of hydrogen-bond donors (Lipinski definition) is 4. The monoisotopic (exact) mass is 292 g/mol. The van der Waals surface area contributed by atoms with Crippen LogP contribution < -0.4 is 5.73 Å². The second kappa shape index (κ2) is 9.88. The molecule has 111 valence electrons. The van der Waals surface area contributed by atoms with Crippen LogP contribution in [0.2, 0.25) is 0 Å². The molecule has 0 saturated heterocycles. The maximum Gasteiger partial charge on any atom is 0.486 e. The number of nitrogens with two attached hydrogens (primary N) is 1. The van der Waals surface area contributed by atoms with Gasteiger partial charge in [0.05, 0.1) is 17.4 Å². The van der Waals surface area contributed by atoms with E-state index in [2.05, 4.69) is 4.65 Å². The Morgan fingerprint density at radius 1 is 1.17 bits per heavy atom. The molecular weight excluding hydrogens is 270 g/mol. The highest BCUT2D eigenvalue weighted by Crippen LogP contribution is 2.19. The molecule has 0 aromatic heterocycles. The molecule has 1 unspecified atom stereocenters. The summed E-state index contributed by atoms with van der Waals surface area (Å²) in [5.41, 5.74) is 2.88. The van der Waals surface area contributed by atoms with Gasteiger partial charge in [-0.05, 0) is 27.7 Å². The number of rotatable bonds is 5. The van der Waals surface area contributed by atoms with E-state index in [0.717, 1.165) is 0 Å². The Kier molecular flexibility index (Phi) is 12.7. The van der Waals surface area contributed by atoms with Crippen molar-refractivity contribution in [3.63, 3.8) is 0 Å². The Hall–Kier alpha value is 0.0149. The highest BCUT2D eigenvalue weighted by Gasteiger charge is 2.31. The Labute approximate surface area is 113 Å². The van der Waals surface area contributed by atoms with Gasteiger partial charge < -0.3 is 25.6 Å². The summed E-state index contributed by atoms with van der Waals surface area (Å²) < 4.78 is 26.8. The molecule has 0 rings (SSSR count). The molecule has 0 saturated carbocycles. The van der Waals surface area contributed by atoms with Gasteiger partial charge in [0.15, 0.2) is 0 Å². The molecule has 0 fully saturated rings. The van der Waals surface area contributed by atoms with Crippen molar-refractivity contribution in [2.45, 2.75) is 58.0 Å². The van der Waals surface area contributed by atoms with Crippen LogP contribution in [0.15, 0.2) is 0 Å². The average molecular weight is 293 g/mol. The quantitative estimate of drug-likeness (QED) is 0.435. The van der Waals surface area contributed by atoms with Crippen molar-refractivity contribution in [2.24, 2.45) is 5.73 Å².